The smallest absolute Gasteiger partial charge is 0.0718 e. The van der Waals surface area contributed by atoms with E-state index in [2.05, 4.69) is 55.5 Å². The molecule has 0 radical (unpaired) electrons. The van der Waals surface area contributed by atoms with Crippen molar-refractivity contribution in [3.63, 3.8) is 0 Å². The lowest BCUT2D eigenvalue weighted by Gasteiger charge is -2.31. The summed E-state index contributed by atoms with van der Waals surface area (Å²) >= 11 is 0. The number of nitrogens with zero attached hydrogens (tertiary/aromatic N) is 1. The van der Waals surface area contributed by atoms with Crippen LogP contribution in [0.15, 0.2) is 24.3 Å². The van der Waals surface area contributed by atoms with Crippen molar-refractivity contribution >= 4 is 0 Å². The van der Waals surface area contributed by atoms with Gasteiger partial charge >= 0.3 is 0 Å². The minimum absolute atomic E-state index is 0.326. The van der Waals surface area contributed by atoms with Crippen LogP contribution in [0.2, 0.25) is 0 Å². The Morgan fingerprint density at radius 1 is 1.32 bits per heavy atom. The van der Waals surface area contributed by atoms with Crippen molar-refractivity contribution in [2.24, 2.45) is 0 Å². The Morgan fingerprint density at radius 3 is 2.58 bits per heavy atom. The summed E-state index contributed by atoms with van der Waals surface area (Å²) in [5.74, 6) is 0. The third-order valence-corrected chi connectivity index (χ3v) is 3.89. The largest absolute Gasteiger partial charge is 0.376 e. The Morgan fingerprint density at radius 2 is 2.05 bits per heavy atom. The highest BCUT2D eigenvalue weighted by Crippen LogP contribution is 2.25. The van der Waals surface area contributed by atoms with Crippen molar-refractivity contribution < 1.29 is 4.74 Å². The van der Waals surface area contributed by atoms with Crippen molar-refractivity contribution in [2.45, 2.75) is 31.9 Å². The van der Waals surface area contributed by atoms with E-state index in [1.54, 1.807) is 0 Å². The second kappa shape index (κ2) is 7.04. The zero-order valence-electron chi connectivity index (χ0n) is 12.4. The van der Waals surface area contributed by atoms with Crippen LogP contribution >= 0.6 is 0 Å². The molecule has 2 atom stereocenters. The van der Waals surface area contributed by atoms with E-state index in [0.717, 1.165) is 32.5 Å². The van der Waals surface area contributed by atoms with E-state index in [-0.39, 0.29) is 0 Å². The molecule has 1 heterocycles. The van der Waals surface area contributed by atoms with E-state index in [1.807, 2.05) is 0 Å². The zero-order valence-corrected chi connectivity index (χ0v) is 12.4. The van der Waals surface area contributed by atoms with Gasteiger partial charge in [0.15, 0.2) is 0 Å². The minimum atomic E-state index is 0.326. The van der Waals surface area contributed by atoms with Gasteiger partial charge in [-0.1, -0.05) is 31.2 Å². The molecule has 1 aliphatic heterocycles. The molecule has 0 aromatic heterocycles. The molecule has 0 bridgehead atoms. The maximum absolute atomic E-state index is 5.84. The highest BCUT2D eigenvalue weighted by molar-refractivity contribution is 5.25. The molecular weight excluding hydrogens is 236 g/mol. The lowest BCUT2D eigenvalue weighted by Crippen LogP contribution is -2.40. The van der Waals surface area contributed by atoms with Crippen LogP contribution in [0.4, 0.5) is 0 Å². The van der Waals surface area contributed by atoms with Gasteiger partial charge in [-0.2, -0.15) is 0 Å². The van der Waals surface area contributed by atoms with Gasteiger partial charge in [0.2, 0.25) is 0 Å². The molecule has 2 rings (SSSR count). The van der Waals surface area contributed by atoms with Gasteiger partial charge < -0.3 is 15.0 Å². The standard InChI is InChI=1S/C16H26N2O/c1-4-13-5-7-14(8-6-13)16(18(2)3)11-15-12-17-9-10-19-15/h5-8,15-17H,4,9-12H2,1-3H3. The zero-order chi connectivity index (χ0) is 13.7. The predicted molar refractivity (Wildman–Crippen MR) is 79.5 cm³/mol. The molecule has 0 aliphatic carbocycles. The van der Waals surface area contributed by atoms with Gasteiger partial charge in [0, 0.05) is 19.1 Å². The molecule has 1 fully saturated rings. The lowest BCUT2D eigenvalue weighted by atomic mass is 9.97. The van der Waals surface area contributed by atoms with E-state index >= 15 is 0 Å². The van der Waals surface area contributed by atoms with Crippen molar-refractivity contribution in [1.29, 1.82) is 0 Å². The molecule has 2 unspecified atom stereocenters. The summed E-state index contributed by atoms with van der Waals surface area (Å²) < 4.78 is 5.84. The monoisotopic (exact) mass is 262 g/mol. The molecule has 3 heteroatoms. The van der Waals surface area contributed by atoms with Crippen molar-refractivity contribution in [1.82, 2.24) is 10.2 Å². The molecule has 1 aromatic rings. The van der Waals surface area contributed by atoms with E-state index in [1.165, 1.54) is 11.1 Å². The van der Waals surface area contributed by atoms with Gasteiger partial charge in [-0.05, 0) is 38.1 Å². The number of morpholine rings is 1. The topological polar surface area (TPSA) is 24.5 Å². The van der Waals surface area contributed by atoms with Crippen LogP contribution in [0.25, 0.3) is 0 Å². The predicted octanol–water partition coefficient (Wildman–Crippen LogP) is 2.23. The second-order valence-corrected chi connectivity index (χ2v) is 5.51. The maximum Gasteiger partial charge on any atom is 0.0718 e. The van der Waals surface area contributed by atoms with Crippen LogP contribution in [0.3, 0.4) is 0 Å². The normalized spacial score (nSPS) is 21.6. The van der Waals surface area contributed by atoms with Gasteiger partial charge in [0.25, 0.3) is 0 Å². The van der Waals surface area contributed by atoms with Crippen LogP contribution < -0.4 is 5.32 Å². The number of rotatable bonds is 5. The quantitative estimate of drug-likeness (QED) is 0.880. The molecule has 1 aromatic carbocycles. The Kier molecular flexibility index (Phi) is 5.37. The van der Waals surface area contributed by atoms with E-state index in [0.29, 0.717) is 12.1 Å². The lowest BCUT2D eigenvalue weighted by molar-refractivity contribution is 0.00894. The summed E-state index contributed by atoms with van der Waals surface area (Å²) in [6, 6.07) is 9.44. The van der Waals surface area contributed by atoms with Crippen LogP contribution in [0.1, 0.15) is 30.5 Å². The number of aryl methyl sites for hydroxylation is 1. The van der Waals surface area contributed by atoms with Crippen LogP contribution in [0.5, 0.6) is 0 Å². The molecule has 0 amide bonds. The molecule has 1 saturated heterocycles. The van der Waals surface area contributed by atoms with Crippen LogP contribution in [-0.4, -0.2) is 44.8 Å². The third kappa shape index (κ3) is 4.03. The van der Waals surface area contributed by atoms with Crippen molar-refractivity contribution in [3.05, 3.63) is 35.4 Å². The second-order valence-electron chi connectivity index (χ2n) is 5.51. The Hall–Kier alpha value is -0.900. The average Bonchev–Trinajstić information content (AvgIpc) is 2.46. The van der Waals surface area contributed by atoms with E-state index in [9.17, 15) is 0 Å². The summed E-state index contributed by atoms with van der Waals surface area (Å²) in [5, 5.41) is 3.41. The SMILES string of the molecule is CCc1ccc(C(CC2CNCCO2)N(C)C)cc1. The fraction of sp³-hybridized carbons (Fsp3) is 0.625. The summed E-state index contributed by atoms with van der Waals surface area (Å²) in [5.41, 5.74) is 2.79. The van der Waals surface area contributed by atoms with Crippen molar-refractivity contribution in [2.75, 3.05) is 33.8 Å². The first kappa shape index (κ1) is 14.5. The van der Waals surface area contributed by atoms with E-state index in [4.69, 9.17) is 4.74 Å². The highest BCUT2D eigenvalue weighted by atomic mass is 16.5. The van der Waals surface area contributed by atoms with Crippen LogP contribution in [-0.2, 0) is 11.2 Å². The molecule has 1 N–H and O–H groups in total. The number of hydrogen-bond donors (Lipinski definition) is 1. The summed E-state index contributed by atoms with van der Waals surface area (Å²) in [6.07, 6.45) is 2.47. The fourth-order valence-corrected chi connectivity index (χ4v) is 2.64. The first-order valence-corrected chi connectivity index (χ1v) is 7.28. The van der Waals surface area contributed by atoms with Gasteiger partial charge in [-0.15, -0.1) is 0 Å². The average molecular weight is 262 g/mol. The molecular formula is C16H26N2O. The van der Waals surface area contributed by atoms with Gasteiger partial charge in [-0.25, -0.2) is 0 Å². The van der Waals surface area contributed by atoms with Gasteiger partial charge in [0.05, 0.1) is 12.7 Å². The first-order chi connectivity index (χ1) is 9.20. The molecule has 0 saturated carbocycles. The summed E-state index contributed by atoms with van der Waals surface area (Å²) in [6.45, 7) is 4.98. The van der Waals surface area contributed by atoms with Crippen molar-refractivity contribution in [3.8, 4) is 0 Å². The maximum atomic E-state index is 5.84. The number of ether oxygens (including phenoxy) is 1. The minimum Gasteiger partial charge on any atom is -0.376 e. The molecule has 3 nitrogen and oxygen atoms in total. The van der Waals surface area contributed by atoms with E-state index < -0.39 is 0 Å². The molecule has 106 valence electrons. The Bertz CT molecular complexity index is 369. The number of benzene rings is 1. The summed E-state index contributed by atoms with van der Waals surface area (Å²) in [4.78, 5) is 2.29. The number of nitrogens with one attached hydrogen (secondary N) is 1. The first-order valence-electron chi connectivity index (χ1n) is 7.28. The molecule has 0 spiro atoms. The van der Waals surface area contributed by atoms with Crippen LogP contribution in [0, 0.1) is 0 Å². The summed E-state index contributed by atoms with van der Waals surface area (Å²) in [7, 11) is 4.29. The molecule has 1 aliphatic rings. The third-order valence-electron chi connectivity index (χ3n) is 3.89. The number of hydrogen-bond acceptors (Lipinski definition) is 3. The highest BCUT2D eigenvalue weighted by Gasteiger charge is 2.22. The fourth-order valence-electron chi connectivity index (χ4n) is 2.64. The van der Waals surface area contributed by atoms with Gasteiger partial charge in [-0.3, -0.25) is 0 Å². The Balaban J connectivity index is 2.05. The molecule has 19 heavy (non-hydrogen) atoms. The van der Waals surface area contributed by atoms with Gasteiger partial charge in [0.1, 0.15) is 0 Å². The Labute approximate surface area is 116 Å².